The van der Waals surface area contributed by atoms with Crippen molar-refractivity contribution in [3.63, 3.8) is 0 Å². The molecule has 0 aliphatic carbocycles. The topological polar surface area (TPSA) is 88.1 Å². The molecule has 158 valence electrons. The van der Waals surface area contributed by atoms with Crippen LogP contribution in [0.3, 0.4) is 0 Å². The third-order valence-electron chi connectivity index (χ3n) is 5.15. The molecule has 30 heavy (non-hydrogen) atoms. The van der Waals surface area contributed by atoms with Gasteiger partial charge in [0.05, 0.1) is 31.7 Å². The van der Waals surface area contributed by atoms with E-state index in [9.17, 15) is 14.0 Å². The third kappa shape index (κ3) is 4.12. The van der Waals surface area contributed by atoms with Crippen LogP contribution >= 0.6 is 0 Å². The molecule has 2 aliphatic rings. The number of aromatic nitrogens is 2. The van der Waals surface area contributed by atoms with Crippen LogP contribution < -0.4 is 14.4 Å². The zero-order valence-electron chi connectivity index (χ0n) is 16.5. The summed E-state index contributed by atoms with van der Waals surface area (Å²) in [5, 5.41) is 0. The number of carbonyl (C=O) groups excluding carboxylic acids is 2. The SMILES string of the molecule is COc1cncc(OC2CCN(C(=O)CN3CCN(c4ccccc4F)C3=O)C2)n1. The smallest absolute Gasteiger partial charge is 0.325 e. The Morgan fingerprint density at radius 1 is 1.20 bits per heavy atom. The number of hydrogen-bond acceptors (Lipinski definition) is 6. The Balaban J connectivity index is 1.31. The minimum Gasteiger partial charge on any atom is -0.480 e. The van der Waals surface area contributed by atoms with Crippen LogP contribution in [-0.4, -0.2) is 77.6 Å². The largest absolute Gasteiger partial charge is 0.480 e. The zero-order chi connectivity index (χ0) is 21.1. The second-order valence-corrected chi connectivity index (χ2v) is 7.08. The molecule has 2 fully saturated rings. The highest BCUT2D eigenvalue weighted by Gasteiger charge is 2.35. The number of urea groups is 1. The maximum Gasteiger partial charge on any atom is 0.325 e. The Labute approximate surface area is 173 Å². The molecule has 1 unspecified atom stereocenters. The van der Waals surface area contributed by atoms with Crippen molar-refractivity contribution < 1.29 is 23.5 Å². The van der Waals surface area contributed by atoms with Crippen molar-refractivity contribution >= 4 is 17.6 Å². The number of rotatable bonds is 6. The molecule has 3 amide bonds. The number of carbonyl (C=O) groups is 2. The molecule has 1 aromatic carbocycles. The average molecular weight is 415 g/mol. The van der Waals surface area contributed by atoms with E-state index in [0.29, 0.717) is 44.4 Å². The normalized spacial score (nSPS) is 18.8. The summed E-state index contributed by atoms with van der Waals surface area (Å²) in [5.74, 6) is 0.0649. The summed E-state index contributed by atoms with van der Waals surface area (Å²) in [6.45, 7) is 1.59. The first kappa shape index (κ1) is 19.9. The molecule has 0 bridgehead atoms. The maximum absolute atomic E-state index is 14.0. The Morgan fingerprint density at radius 3 is 2.80 bits per heavy atom. The molecule has 2 saturated heterocycles. The molecule has 0 spiro atoms. The molecule has 0 radical (unpaired) electrons. The predicted molar refractivity (Wildman–Crippen MR) is 105 cm³/mol. The van der Waals surface area contributed by atoms with Crippen molar-refractivity contribution in [1.82, 2.24) is 19.8 Å². The summed E-state index contributed by atoms with van der Waals surface area (Å²) >= 11 is 0. The van der Waals surface area contributed by atoms with Gasteiger partial charge in [-0.05, 0) is 12.1 Å². The lowest BCUT2D eigenvalue weighted by Gasteiger charge is -2.22. The van der Waals surface area contributed by atoms with Crippen LogP contribution in [0.1, 0.15) is 6.42 Å². The van der Waals surface area contributed by atoms with E-state index in [4.69, 9.17) is 9.47 Å². The predicted octanol–water partition coefficient (Wildman–Crippen LogP) is 1.55. The first-order chi connectivity index (χ1) is 14.5. The number of nitrogens with zero attached hydrogens (tertiary/aromatic N) is 5. The van der Waals surface area contributed by atoms with Crippen molar-refractivity contribution in [2.24, 2.45) is 0 Å². The monoisotopic (exact) mass is 415 g/mol. The van der Waals surface area contributed by atoms with Crippen molar-refractivity contribution in [3.05, 3.63) is 42.5 Å². The summed E-state index contributed by atoms with van der Waals surface area (Å²) in [7, 11) is 1.50. The summed E-state index contributed by atoms with van der Waals surface area (Å²) in [4.78, 5) is 38.0. The van der Waals surface area contributed by atoms with Gasteiger partial charge >= 0.3 is 6.03 Å². The van der Waals surface area contributed by atoms with E-state index in [1.165, 1.54) is 35.4 Å². The van der Waals surface area contributed by atoms with Gasteiger partial charge in [0.1, 0.15) is 18.5 Å². The number of amides is 3. The minimum atomic E-state index is -0.459. The minimum absolute atomic E-state index is 0.0462. The molecule has 9 nitrogen and oxygen atoms in total. The molecular weight excluding hydrogens is 393 g/mol. The molecule has 1 aromatic heterocycles. The number of methoxy groups -OCH3 is 1. The highest BCUT2D eigenvalue weighted by atomic mass is 19.1. The van der Waals surface area contributed by atoms with Gasteiger partial charge < -0.3 is 19.3 Å². The van der Waals surface area contributed by atoms with Crippen LogP contribution in [0.25, 0.3) is 0 Å². The fourth-order valence-corrected chi connectivity index (χ4v) is 3.59. The fraction of sp³-hybridized carbons (Fsp3) is 0.400. The molecule has 2 aromatic rings. The number of halogens is 1. The zero-order valence-corrected chi connectivity index (χ0v) is 16.5. The van der Waals surface area contributed by atoms with Crippen molar-refractivity contribution in [1.29, 1.82) is 0 Å². The Bertz CT molecular complexity index is 943. The van der Waals surface area contributed by atoms with Crippen molar-refractivity contribution in [3.8, 4) is 11.8 Å². The van der Waals surface area contributed by atoms with Gasteiger partial charge in [-0.3, -0.25) is 14.7 Å². The van der Waals surface area contributed by atoms with Crippen LogP contribution in [0.15, 0.2) is 36.7 Å². The molecule has 4 rings (SSSR count). The fourth-order valence-electron chi connectivity index (χ4n) is 3.59. The van der Waals surface area contributed by atoms with Gasteiger partial charge in [0.25, 0.3) is 0 Å². The highest BCUT2D eigenvalue weighted by molar-refractivity contribution is 5.96. The number of anilines is 1. The summed E-state index contributed by atoms with van der Waals surface area (Å²) in [5.41, 5.74) is 0.228. The van der Waals surface area contributed by atoms with Crippen LogP contribution in [-0.2, 0) is 4.79 Å². The van der Waals surface area contributed by atoms with E-state index in [1.54, 1.807) is 23.1 Å². The highest BCUT2D eigenvalue weighted by Crippen LogP contribution is 2.24. The van der Waals surface area contributed by atoms with Gasteiger partial charge in [-0.25, -0.2) is 9.18 Å². The van der Waals surface area contributed by atoms with Gasteiger partial charge in [-0.1, -0.05) is 12.1 Å². The molecule has 1 atom stereocenters. The van der Waals surface area contributed by atoms with E-state index in [0.717, 1.165) is 0 Å². The van der Waals surface area contributed by atoms with Gasteiger partial charge in [0.15, 0.2) is 0 Å². The lowest BCUT2D eigenvalue weighted by Crippen LogP contribution is -2.42. The van der Waals surface area contributed by atoms with Gasteiger partial charge in [-0.2, -0.15) is 4.98 Å². The lowest BCUT2D eigenvalue weighted by atomic mass is 10.3. The molecule has 0 N–H and O–H groups in total. The van der Waals surface area contributed by atoms with Crippen molar-refractivity contribution in [2.45, 2.75) is 12.5 Å². The second kappa shape index (κ2) is 8.52. The van der Waals surface area contributed by atoms with E-state index in [1.807, 2.05) is 0 Å². The third-order valence-corrected chi connectivity index (χ3v) is 5.15. The average Bonchev–Trinajstić information content (AvgIpc) is 3.36. The summed E-state index contributed by atoms with van der Waals surface area (Å²) < 4.78 is 24.8. The van der Waals surface area contributed by atoms with E-state index in [-0.39, 0.29) is 30.3 Å². The van der Waals surface area contributed by atoms with Gasteiger partial charge in [0, 0.05) is 26.1 Å². The molecule has 2 aliphatic heterocycles. The standard InChI is InChI=1S/C20H22FN5O4/c1-29-17-10-22-11-18(23-17)30-14-6-7-24(12-14)19(27)13-25-8-9-26(20(25)28)16-5-3-2-4-15(16)21/h2-5,10-11,14H,6-9,12-13H2,1H3. The van der Waals surface area contributed by atoms with E-state index in [2.05, 4.69) is 9.97 Å². The van der Waals surface area contributed by atoms with Crippen LogP contribution in [0.5, 0.6) is 11.8 Å². The molecular formula is C20H22FN5O4. The van der Waals surface area contributed by atoms with Crippen molar-refractivity contribution in [2.75, 3.05) is 44.7 Å². The number of likely N-dealkylation sites (tertiary alicyclic amines) is 1. The number of benzene rings is 1. The Morgan fingerprint density at radius 2 is 2.00 bits per heavy atom. The van der Waals surface area contributed by atoms with E-state index >= 15 is 0 Å². The van der Waals surface area contributed by atoms with Gasteiger partial charge in [-0.15, -0.1) is 0 Å². The number of ether oxygens (including phenoxy) is 2. The summed E-state index contributed by atoms with van der Waals surface area (Å²) in [6.07, 6.45) is 3.42. The number of para-hydroxylation sites is 1. The quantitative estimate of drug-likeness (QED) is 0.711. The Hall–Kier alpha value is -3.43. The maximum atomic E-state index is 14.0. The van der Waals surface area contributed by atoms with Crippen LogP contribution in [0.2, 0.25) is 0 Å². The molecule has 10 heteroatoms. The first-order valence-corrected chi connectivity index (χ1v) is 9.66. The molecule has 3 heterocycles. The number of hydrogen-bond donors (Lipinski definition) is 0. The van der Waals surface area contributed by atoms with Gasteiger partial charge in [0.2, 0.25) is 17.7 Å². The Kier molecular flexibility index (Phi) is 5.64. The second-order valence-electron chi connectivity index (χ2n) is 7.08. The molecule has 0 saturated carbocycles. The summed E-state index contributed by atoms with van der Waals surface area (Å²) in [6, 6.07) is 5.75. The van der Waals surface area contributed by atoms with Crippen LogP contribution in [0, 0.1) is 5.82 Å². The van der Waals surface area contributed by atoms with E-state index < -0.39 is 5.82 Å². The first-order valence-electron chi connectivity index (χ1n) is 9.66. The lowest BCUT2D eigenvalue weighted by molar-refractivity contribution is -0.130. The van der Waals surface area contributed by atoms with Crippen LogP contribution in [0.4, 0.5) is 14.9 Å².